The van der Waals surface area contributed by atoms with E-state index < -0.39 is 0 Å². The van der Waals surface area contributed by atoms with Crippen LogP contribution in [-0.4, -0.2) is 24.9 Å². The fourth-order valence-corrected chi connectivity index (χ4v) is 3.90. The molecule has 1 aromatic rings. The van der Waals surface area contributed by atoms with Gasteiger partial charge in [-0.1, -0.05) is 30.9 Å². The van der Waals surface area contributed by atoms with Crippen LogP contribution in [0.25, 0.3) is 0 Å². The largest absolute Gasteiger partial charge is 0.356 e. The number of halogens is 1. The molecule has 2 amide bonds. The van der Waals surface area contributed by atoms with Crippen molar-refractivity contribution >= 4 is 29.1 Å². The second-order valence-corrected chi connectivity index (χ2v) is 7.50. The van der Waals surface area contributed by atoms with Crippen molar-refractivity contribution in [2.45, 2.75) is 44.9 Å². The average Bonchev–Trinajstić information content (AvgIpc) is 2.95. The second-order valence-electron chi connectivity index (χ2n) is 7.06. The van der Waals surface area contributed by atoms with Gasteiger partial charge in [-0.15, -0.1) is 0 Å². The Morgan fingerprint density at radius 3 is 2.54 bits per heavy atom. The molecule has 0 bridgehead atoms. The molecule has 3 rings (SSSR count). The molecule has 0 aromatic heterocycles. The SMILES string of the molecule is O=C(CC1CCCCC1)NC[C@@H]1CC(=O)N(c2ccc(Cl)cc2)C1. The van der Waals surface area contributed by atoms with Crippen LogP contribution in [0.2, 0.25) is 5.02 Å². The summed E-state index contributed by atoms with van der Waals surface area (Å²) in [5, 5.41) is 3.70. The van der Waals surface area contributed by atoms with Gasteiger partial charge in [0, 0.05) is 42.6 Å². The van der Waals surface area contributed by atoms with Crippen molar-refractivity contribution in [1.82, 2.24) is 5.32 Å². The van der Waals surface area contributed by atoms with E-state index in [4.69, 9.17) is 11.6 Å². The van der Waals surface area contributed by atoms with Gasteiger partial charge in [0.25, 0.3) is 0 Å². The number of carbonyl (C=O) groups is 2. The van der Waals surface area contributed by atoms with Gasteiger partial charge in [0.05, 0.1) is 0 Å². The maximum atomic E-state index is 12.2. The highest BCUT2D eigenvalue weighted by Crippen LogP contribution is 2.27. The zero-order valence-electron chi connectivity index (χ0n) is 14.0. The molecule has 2 fully saturated rings. The van der Waals surface area contributed by atoms with E-state index in [2.05, 4.69) is 5.32 Å². The maximum Gasteiger partial charge on any atom is 0.227 e. The lowest BCUT2D eigenvalue weighted by Crippen LogP contribution is -2.32. The first-order valence-electron chi connectivity index (χ1n) is 8.94. The zero-order chi connectivity index (χ0) is 16.9. The number of nitrogens with one attached hydrogen (secondary N) is 1. The molecule has 1 saturated carbocycles. The Morgan fingerprint density at radius 2 is 1.83 bits per heavy atom. The van der Waals surface area contributed by atoms with Crippen LogP contribution in [0.3, 0.4) is 0 Å². The molecule has 0 radical (unpaired) electrons. The Kier molecular flexibility index (Phi) is 5.77. The monoisotopic (exact) mass is 348 g/mol. The number of hydrogen-bond donors (Lipinski definition) is 1. The number of amides is 2. The number of benzene rings is 1. The summed E-state index contributed by atoms with van der Waals surface area (Å²) in [4.78, 5) is 26.1. The molecular weight excluding hydrogens is 324 g/mol. The average molecular weight is 349 g/mol. The van der Waals surface area contributed by atoms with Crippen molar-refractivity contribution in [2.24, 2.45) is 11.8 Å². The summed E-state index contributed by atoms with van der Waals surface area (Å²) < 4.78 is 0. The number of carbonyl (C=O) groups excluding carboxylic acids is 2. The van der Waals surface area contributed by atoms with Crippen LogP contribution in [0.1, 0.15) is 44.9 Å². The van der Waals surface area contributed by atoms with E-state index in [0.29, 0.717) is 36.9 Å². The highest BCUT2D eigenvalue weighted by molar-refractivity contribution is 6.30. The molecule has 1 aliphatic carbocycles. The summed E-state index contributed by atoms with van der Waals surface area (Å²) >= 11 is 5.90. The lowest BCUT2D eigenvalue weighted by atomic mass is 9.87. The molecular formula is C19H25ClN2O2. The van der Waals surface area contributed by atoms with Crippen molar-refractivity contribution < 1.29 is 9.59 Å². The zero-order valence-corrected chi connectivity index (χ0v) is 14.7. The molecule has 24 heavy (non-hydrogen) atoms. The van der Waals surface area contributed by atoms with Crippen molar-refractivity contribution in [3.05, 3.63) is 29.3 Å². The first kappa shape index (κ1) is 17.3. The van der Waals surface area contributed by atoms with E-state index >= 15 is 0 Å². The van der Waals surface area contributed by atoms with Gasteiger partial charge in [-0.25, -0.2) is 0 Å². The van der Waals surface area contributed by atoms with Crippen molar-refractivity contribution in [3.63, 3.8) is 0 Å². The number of hydrogen-bond acceptors (Lipinski definition) is 2. The summed E-state index contributed by atoms with van der Waals surface area (Å²) in [6.07, 6.45) is 7.31. The van der Waals surface area contributed by atoms with Crippen LogP contribution >= 0.6 is 11.6 Å². The lowest BCUT2D eigenvalue weighted by Gasteiger charge is -2.21. The van der Waals surface area contributed by atoms with Gasteiger partial charge < -0.3 is 10.2 Å². The van der Waals surface area contributed by atoms with E-state index in [1.54, 1.807) is 17.0 Å². The topological polar surface area (TPSA) is 49.4 Å². The molecule has 1 heterocycles. The first-order valence-corrected chi connectivity index (χ1v) is 9.32. The fraction of sp³-hybridized carbons (Fsp3) is 0.579. The van der Waals surface area contributed by atoms with Gasteiger partial charge in [0.1, 0.15) is 0 Å². The summed E-state index contributed by atoms with van der Waals surface area (Å²) in [7, 11) is 0. The summed E-state index contributed by atoms with van der Waals surface area (Å²) in [6, 6.07) is 7.32. The maximum absolute atomic E-state index is 12.2. The molecule has 1 N–H and O–H groups in total. The Bertz CT molecular complexity index is 582. The smallest absolute Gasteiger partial charge is 0.227 e. The molecule has 5 heteroatoms. The lowest BCUT2D eigenvalue weighted by molar-refractivity contribution is -0.122. The van der Waals surface area contributed by atoms with Crippen LogP contribution in [-0.2, 0) is 9.59 Å². The molecule has 0 spiro atoms. The predicted octanol–water partition coefficient (Wildman–Crippen LogP) is 3.78. The summed E-state index contributed by atoms with van der Waals surface area (Å²) in [5.41, 5.74) is 0.875. The minimum absolute atomic E-state index is 0.115. The number of nitrogens with zero attached hydrogens (tertiary/aromatic N) is 1. The molecule has 4 nitrogen and oxygen atoms in total. The molecule has 0 unspecified atom stereocenters. The molecule has 1 aromatic carbocycles. The molecule has 2 aliphatic rings. The third-order valence-corrected chi connectivity index (χ3v) is 5.38. The predicted molar refractivity (Wildman–Crippen MR) is 96.1 cm³/mol. The third-order valence-electron chi connectivity index (χ3n) is 5.13. The number of rotatable bonds is 5. The van der Waals surface area contributed by atoms with Crippen LogP contribution < -0.4 is 10.2 Å². The highest BCUT2D eigenvalue weighted by Gasteiger charge is 2.30. The highest BCUT2D eigenvalue weighted by atomic mass is 35.5. The summed E-state index contributed by atoms with van der Waals surface area (Å²) in [5.74, 6) is 0.987. The Labute approximate surface area is 148 Å². The minimum atomic E-state index is 0.115. The van der Waals surface area contributed by atoms with E-state index in [0.717, 1.165) is 5.69 Å². The Balaban J connectivity index is 1.45. The van der Waals surface area contributed by atoms with E-state index in [1.807, 2.05) is 12.1 Å². The van der Waals surface area contributed by atoms with E-state index in [-0.39, 0.29) is 17.7 Å². The molecule has 1 atom stereocenters. The van der Waals surface area contributed by atoms with Crippen molar-refractivity contribution in [3.8, 4) is 0 Å². The van der Waals surface area contributed by atoms with Crippen LogP contribution in [0.4, 0.5) is 5.69 Å². The van der Waals surface area contributed by atoms with Crippen LogP contribution in [0.15, 0.2) is 24.3 Å². The van der Waals surface area contributed by atoms with Gasteiger partial charge in [0.2, 0.25) is 11.8 Å². The third kappa shape index (κ3) is 4.50. The van der Waals surface area contributed by atoms with Gasteiger partial charge in [0.15, 0.2) is 0 Å². The normalized spacial score (nSPS) is 22.0. The van der Waals surface area contributed by atoms with E-state index in [1.165, 1.54) is 32.1 Å². The van der Waals surface area contributed by atoms with E-state index in [9.17, 15) is 9.59 Å². The van der Waals surface area contributed by atoms with Crippen molar-refractivity contribution in [2.75, 3.05) is 18.0 Å². The van der Waals surface area contributed by atoms with Gasteiger partial charge in [-0.05, 0) is 43.0 Å². The molecule has 1 aliphatic heterocycles. The molecule has 130 valence electrons. The molecule has 1 saturated heterocycles. The van der Waals surface area contributed by atoms with Crippen molar-refractivity contribution in [1.29, 1.82) is 0 Å². The quantitative estimate of drug-likeness (QED) is 0.880. The van der Waals surface area contributed by atoms with Gasteiger partial charge >= 0.3 is 0 Å². The Morgan fingerprint density at radius 1 is 1.12 bits per heavy atom. The Hall–Kier alpha value is -1.55. The van der Waals surface area contributed by atoms with Gasteiger partial charge in [-0.3, -0.25) is 9.59 Å². The minimum Gasteiger partial charge on any atom is -0.356 e. The first-order chi connectivity index (χ1) is 11.6. The fourth-order valence-electron chi connectivity index (χ4n) is 3.77. The van der Waals surface area contributed by atoms with Gasteiger partial charge in [-0.2, -0.15) is 0 Å². The van der Waals surface area contributed by atoms with Crippen LogP contribution in [0, 0.1) is 11.8 Å². The van der Waals surface area contributed by atoms with Crippen LogP contribution in [0.5, 0.6) is 0 Å². The standard InChI is InChI=1S/C19H25ClN2O2/c20-16-6-8-17(9-7-16)22-13-15(11-19(22)24)12-21-18(23)10-14-4-2-1-3-5-14/h6-9,14-15H,1-5,10-13H2,(H,21,23)/t15-/m0/s1. The summed E-state index contributed by atoms with van der Waals surface area (Å²) in [6.45, 7) is 1.24. The second kappa shape index (κ2) is 8.02. The number of anilines is 1.